The molecule has 0 amide bonds. The van der Waals surface area contributed by atoms with E-state index in [0.29, 0.717) is 5.69 Å². The fourth-order valence-corrected chi connectivity index (χ4v) is 3.71. The van der Waals surface area contributed by atoms with Crippen molar-refractivity contribution in [3.05, 3.63) is 44.4 Å². The van der Waals surface area contributed by atoms with Gasteiger partial charge in [-0.3, -0.25) is 10.1 Å². The Morgan fingerprint density at radius 3 is 2.48 bits per heavy atom. The maximum Gasteiger partial charge on any atom is 0.434 e. The standard InChI is InChI=1S/C13H12F3N3O4S2/c1-18(6-12-17-11(7-24-12)13(14,15)16)8-3-4-9(19(20)21)10(5-8)25(2,22)23/h3-5,7H,6H2,1-2H3. The van der Waals surface area contributed by atoms with E-state index in [2.05, 4.69) is 4.98 Å². The third kappa shape index (κ3) is 4.45. The Morgan fingerprint density at radius 1 is 1.36 bits per heavy atom. The lowest BCUT2D eigenvalue weighted by Gasteiger charge is -2.18. The Morgan fingerprint density at radius 2 is 2.00 bits per heavy atom. The molecule has 0 aliphatic carbocycles. The van der Waals surface area contributed by atoms with Crippen LogP contribution in [0.25, 0.3) is 0 Å². The van der Waals surface area contributed by atoms with Crippen LogP contribution in [0.4, 0.5) is 24.5 Å². The highest BCUT2D eigenvalue weighted by molar-refractivity contribution is 7.90. The number of rotatable bonds is 5. The van der Waals surface area contributed by atoms with Gasteiger partial charge in [-0.15, -0.1) is 11.3 Å². The molecule has 7 nitrogen and oxygen atoms in total. The quantitative estimate of drug-likeness (QED) is 0.570. The number of alkyl halides is 3. The first-order chi connectivity index (χ1) is 11.4. The molecule has 0 spiro atoms. The van der Waals surface area contributed by atoms with Crippen LogP contribution in [-0.2, 0) is 22.6 Å². The van der Waals surface area contributed by atoms with Crippen LogP contribution >= 0.6 is 11.3 Å². The van der Waals surface area contributed by atoms with Crippen LogP contribution in [0.1, 0.15) is 10.7 Å². The number of benzene rings is 1. The lowest BCUT2D eigenvalue weighted by atomic mass is 10.2. The van der Waals surface area contributed by atoms with Crippen LogP contribution in [0.15, 0.2) is 28.5 Å². The van der Waals surface area contributed by atoms with Crippen LogP contribution < -0.4 is 4.90 Å². The molecule has 2 rings (SSSR count). The molecule has 0 aliphatic rings. The molecule has 0 bridgehead atoms. The maximum atomic E-state index is 12.6. The largest absolute Gasteiger partial charge is 0.434 e. The van der Waals surface area contributed by atoms with Gasteiger partial charge in [0.15, 0.2) is 15.5 Å². The molecule has 0 unspecified atom stereocenters. The molecule has 1 heterocycles. The normalized spacial score (nSPS) is 12.2. The van der Waals surface area contributed by atoms with Crippen molar-refractivity contribution in [3.8, 4) is 0 Å². The van der Waals surface area contributed by atoms with Gasteiger partial charge in [-0.2, -0.15) is 13.2 Å². The fraction of sp³-hybridized carbons (Fsp3) is 0.308. The van der Waals surface area contributed by atoms with E-state index in [0.717, 1.165) is 35.1 Å². The molecule has 25 heavy (non-hydrogen) atoms. The topological polar surface area (TPSA) is 93.4 Å². The number of sulfone groups is 1. The number of nitro benzene ring substituents is 1. The SMILES string of the molecule is CN(Cc1nc(C(F)(F)F)cs1)c1ccc([N+](=O)[O-])c(S(C)(=O)=O)c1. The number of thiazole rings is 1. The summed E-state index contributed by atoms with van der Waals surface area (Å²) in [5, 5.41) is 12.0. The van der Waals surface area contributed by atoms with Crippen molar-refractivity contribution in [3.63, 3.8) is 0 Å². The van der Waals surface area contributed by atoms with E-state index in [1.807, 2.05) is 0 Å². The lowest BCUT2D eigenvalue weighted by Crippen LogP contribution is -2.17. The summed E-state index contributed by atoms with van der Waals surface area (Å²) in [5.41, 5.74) is -1.26. The second-order valence-corrected chi connectivity index (χ2v) is 8.09. The Bertz CT molecular complexity index is 909. The summed E-state index contributed by atoms with van der Waals surface area (Å²) in [5.74, 6) is 0. The number of nitrogens with zero attached hydrogens (tertiary/aromatic N) is 3. The molecule has 0 atom stereocenters. The highest BCUT2D eigenvalue weighted by Gasteiger charge is 2.33. The first kappa shape index (κ1) is 19.1. The van der Waals surface area contributed by atoms with Crippen molar-refractivity contribution in [2.45, 2.75) is 17.6 Å². The van der Waals surface area contributed by atoms with E-state index in [1.165, 1.54) is 18.0 Å². The minimum Gasteiger partial charge on any atom is -0.368 e. The first-order valence-corrected chi connectivity index (χ1v) is 9.38. The molecule has 0 fully saturated rings. The van der Waals surface area contributed by atoms with Gasteiger partial charge in [0.05, 0.1) is 11.5 Å². The zero-order valence-electron chi connectivity index (χ0n) is 12.9. The van der Waals surface area contributed by atoms with Gasteiger partial charge in [0.1, 0.15) is 9.90 Å². The minimum absolute atomic E-state index is 0.0121. The Kier molecular flexibility index (Phi) is 5.04. The number of nitro groups is 1. The molecular weight excluding hydrogens is 383 g/mol. The molecule has 1 aromatic heterocycles. The van der Waals surface area contributed by atoms with E-state index in [-0.39, 0.29) is 11.6 Å². The van der Waals surface area contributed by atoms with Crippen LogP contribution in [0.5, 0.6) is 0 Å². The molecule has 0 radical (unpaired) electrons. The van der Waals surface area contributed by atoms with Gasteiger partial charge in [-0.1, -0.05) is 0 Å². The second kappa shape index (κ2) is 6.59. The number of anilines is 1. The van der Waals surface area contributed by atoms with E-state index in [1.54, 1.807) is 0 Å². The number of hydrogen-bond donors (Lipinski definition) is 0. The van der Waals surface area contributed by atoms with Crippen LogP contribution in [0.3, 0.4) is 0 Å². The summed E-state index contributed by atoms with van der Waals surface area (Å²) in [4.78, 5) is 14.6. The molecule has 0 N–H and O–H groups in total. The van der Waals surface area contributed by atoms with Gasteiger partial charge in [0.25, 0.3) is 5.69 Å². The monoisotopic (exact) mass is 395 g/mol. The zero-order chi connectivity index (χ0) is 19.0. The number of halogens is 3. The Balaban J connectivity index is 2.32. The minimum atomic E-state index is -4.54. The van der Waals surface area contributed by atoms with Gasteiger partial charge in [0.2, 0.25) is 0 Å². The predicted octanol–water partition coefficient (Wildman–Crippen LogP) is 3.11. The van der Waals surface area contributed by atoms with E-state index < -0.39 is 37.2 Å². The molecule has 0 saturated carbocycles. The highest BCUT2D eigenvalue weighted by Crippen LogP contribution is 2.32. The zero-order valence-corrected chi connectivity index (χ0v) is 14.6. The Labute approximate surface area is 144 Å². The van der Waals surface area contributed by atoms with Crippen molar-refractivity contribution < 1.29 is 26.5 Å². The van der Waals surface area contributed by atoms with Crippen LogP contribution in [0.2, 0.25) is 0 Å². The second-order valence-electron chi connectivity index (χ2n) is 5.16. The summed E-state index contributed by atoms with van der Waals surface area (Å²) in [6, 6.07) is 3.49. The maximum absolute atomic E-state index is 12.6. The van der Waals surface area contributed by atoms with E-state index >= 15 is 0 Å². The van der Waals surface area contributed by atoms with Gasteiger partial charge >= 0.3 is 6.18 Å². The van der Waals surface area contributed by atoms with Crippen molar-refractivity contribution in [2.75, 3.05) is 18.2 Å². The molecule has 2 aromatic rings. The molecule has 12 heteroatoms. The van der Waals surface area contributed by atoms with Crippen molar-refractivity contribution in [1.82, 2.24) is 4.98 Å². The molecular formula is C13H12F3N3O4S2. The van der Waals surface area contributed by atoms with Crippen molar-refractivity contribution in [1.29, 1.82) is 0 Å². The van der Waals surface area contributed by atoms with E-state index in [9.17, 15) is 31.7 Å². The highest BCUT2D eigenvalue weighted by atomic mass is 32.2. The average Bonchev–Trinajstić information content (AvgIpc) is 2.94. The Hall–Kier alpha value is -2.21. The van der Waals surface area contributed by atoms with Crippen molar-refractivity contribution in [2.24, 2.45) is 0 Å². The first-order valence-electron chi connectivity index (χ1n) is 6.61. The fourth-order valence-electron chi connectivity index (χ4n) is 2.00. The molecule has 0 saturated heterocycles. The third-order valence-corrected chi connectivity index (χ3v) is 5.15. The smallest absolute Gasteiger partial charge is 0.368 e. The van der Waals surface area contributed by atoms with Gasteiger partial charge in [-0.05, 0) is 12.1 Å². The number of hydrogen-bond acceptors (Lipinski definition) is 7. The third-order valence-electron chi connectivity index (χ3n) is 3.19. The van der Waals surface area contributed by atoms with Gasteiger partial charge < -0.3 is 4.90 Å². The molecule has 1 aromatic carbocycles. The van der Waals surface area contributed by atoms with Crippen LogP contribution in [0, 0.1) is 10.1 Å². The summed E-state index contributed by atoms with van der Waals surface area (Å²) < 4.78 is 61.2. The molecule has 0 aliphatic heterocycles. The van der Waals surface area contributed by atoms with Crippen molar-refractivity contribution >= 4 is 32.5 Å². The lowest BCUT2D eigenvalue weighted by molar-refractivity contribution is -0.387. The summed E-state index contributed by atoms with van der Waals surface area (Å²) in [7, 11) is -2.34. The summed E-state index contributed by atoms with van der Waals surface area (Å²) in [6.07, 6.45) is -3.69. The van der Waals surface area contributed by atoms with Gasteiger partial charge in [0, 0.05) is 30.4 Å². The molecule has 136 valence electrons. The summed E-state index contributed by atoms with van der Waals surface area (Å²) in [6.45, 7) is -0.0121. The van der Waals surface area contributed by atoms with E-state index in [4.69, 9.17) is 0 Å². The van der Waals surface area contributed by atoms with Crippen LogP contribution in [-0.4, -0.2) is 31.6 Å². The predicted molar refractivity (Wildman–Crippen MR) is 85.4 cm³/mol. The number of aromatic nitrogens is 1. The van der Waals surface area contributed by atoms with Gasteiger partial charge in [-0.25, -0.2) is 13.4 Å². The average molecular weight is 395 g/mol. The summed E-state index contributed by atoms with van der Waals surface area (Å²) >= 11 is 0.818.